The van der Waals surface area contributed by atoms with Gasteiger partial charge < -0.3 is 5.11 Å². The number of phenols is 1. The van der Waals surface area contributed by atoms with Crippen molar-refractivity contribution in [2.75, 3.05) is 0 Å². The number of rotatable bonds is 4. The molecule has 0 aliphatic carbocycles. The Kier molecular flexibility index (Phi) is 6.51. The Morgan fingerprint density at radius 2 is 1.45 bits per heavy atom. The average molecular weight is 434 g/mol. The maximum Gasteiger partial charge on any atom is 0.128 e. The van der Waals surface area contributed by atoms with E-state index >= 15 is 0 Å². The highest BCUT2D eigenvalue weighted by atomic mass is 32.2. The van der Waals surface area contributed by atoms with Crippen LogP contribution in [-0.4, -0.2) is 15.5 Å². The molecular formula is C27H31NO2S. The van der Waals surface area contributed by atoms with E-state index < -0.39 is 10.8 Å². The van der Waals surface area contributed by atoms with E-state index in [1.165, 1.54) is 0 Å². The van der Waals surface area contributed by atoms with Gasteiger partial charge in [-0.15, -0.1) is 0 Å². The van der Waals surface area contributed by atoms with Gasteiger partial charge in [-0.2, -0.15) is 0 Å². The fourth-order valence-electron chi connectivity index (χ4n) is 3.29. The zero-order valence-electron chi connectivity index (χ0n) is 19.1. The summed E-state index contributed by atoms with van der Waals surface area (Å²) in [6, 6.07) is 20.9. The maximum absolute atomic E-state index is 13.1. The quantitative estimate of drug-likeness (QED) is 0.455. The summed E-state index contributed by atoms with van der Waals surface area (Å²) >= 11 is 0. The third-order valence-electron chi connectivity index (χ3n) is 5.18. The monoisotopic (exact) mass is 433 g/mol. The third kappa shape index (κ3) is 5.31. The van der Waals surface area contributed by atoms with Gasteiger partial charge in [0.15, 0.2) is 0 Å². The first-order valence-corrected chi connectivity index (χ1v) is 11.6. The number of hydrogen-bond acceptors (Lipinski definition) is 3. The average Bonchev–Trinajstić information content (AvgIpc) is 2.71. The molecule has 0 spiro atoms. The summed E-state index contributed by atoms with van der Waals surface area (Å²) in [6.07, 6.45) is 1.68. The molecule has 0 bridgehead atoms. The molecule has 31 heavy (non-hydrogen) atoms. The van der Waals surface area contributed by atoms with E-state index in [9.17, 15) is 9.32 Å². The topological polar surface area (TPSA) is 49.7 Å². The van der Waals surface area contributed by atoms with Crippen LogP contribution in [0.4, 0.5) is 5.69 Å². The van der Waals surface area contributed by atoms with Gasteiger partial charge in [-0.1, -0.05) is 77.9 Å². The number of aliphatic imine (C=N–C) groups is 1. The molecule has 0 radical (unpaired) electrons. The minimum atomic E-state index is -1.33. The van der Waals surface area contributed by atoms with E-state index in [1.807, 2.05) is 60.7 Å². The van der Waals surface area contributed by atoms with Crippen molar-refractivity contribution in [3.63, 3.8) is 0 Å². The molecule has 0 fully saturated rings. The Morgan fingerprint density at radius 3 is 2.06 bits per heavy atom. The van der Waals surface area contributed by atoms with E-state index in [0.717, 1.165) is 16.0 Å². The molecule has 162 valence electrons. The lowest BCUT2D eigenvalue weighted by Crippen LogP contribution is -2.17. The normalized spacial score (nSPS) is 13.5. The maximum atomic E-state index is 13.1. The fraction of sp³-hybridized carbons (Fsp3) is 0.296. The van der Waals surface area contributed by atoms with Crippen LogP contribution in [-0.2, 0) is 21.6 Å². The van der Waals surface area contributed by atoms with E-state index in [4.69, 9.17) is 0 Å². The molecule has 3 nitrogen and oxygen atoms in total. The molecule has 3 aromatic rings. The lowest BCUT2D eigenvalue weighted by Gasteiger charge is -2.27. The third-order valence-corrected chi connectivity index (χ3v) is 6.62. The lowest BCUT2D eigenvalue weighted by molar-refractivity contribution is 0.444. The highest BCUT2D eigenvalue weighted by Gasteiger charge is 2.24. The van der Waals surface area contributed by atoms with Gasteiger partial charge in [-0.05, 0) is 46.7 Å². The molecule has 0 saturated carbocycles. The van der Waals surface area contributed by atoms with Crippen LogP contribution < -0.4 is 0 Å². The molecule has 3 aromatic carbocycles. The summed E-state index contributed by atoms with van der Waals surface area (Å²) in [5.41, 5.74) is 3.05. The summed E-state index contributed by atoms with van der Waals surface area (Å²) in [6.45, 7) is 12.7. The van der Waals surface area contributed by atoms with Crippen LogP contribution in [0.5, 0.6) is 5.75 Å². The lowest BCUT2D eigenvalue weighted by atomic mass is 9.79. The van der Waals surface area contributed by atoms with Crippen molar-refractivity contribution in [3.05, 3.63) is 83.4 Å². The largest absolute Gasteiger partial charge is 0.507 e. The minimum absolute atomic E-state index is 0.0665. The first-order valence-electron chi connectivity index (χ1n) is 10.5. The predicted molar refractivity (Wildman–Crippen MR) is 130 cm³/mol. The molecular weight excluding hydrogens is 402 g/mol. The molecule has 3 rings (SSSR count). The van der Waals surface area contributed by atoms with Crippen LogP contribution in [0.1, 0.15) is 58.2 Å². The van der Waals surface area contributed by atoms with Crippen LogP contribution in [0.25, 0.3) is 0 Å². The van der Waals surface area contributed by atoms with Crippen molar-refractivity contribution >= 4 is 22.7 Å². The number of phenolic OH excluding ortho intramolecular Hbond substituents is 1. The van der Waals surface area contributed by atoms with Crippen molar-refractivity contribution in [1.82, 2.24) is 0 Å². The van der Waals surface area contributed by atoms with Crippen molar-refractivity contribution in [3.8, 4) is 5.75 Å². The van der Waals surface area contributed by atoms with Crippen molar-refractivity contribution < 1.29 is 9.32 Å². The predicted octanol–water partition coefficient (Wildman–Crippen LogP) is 6.90. The Balaban J connectivity index is 2.08. The standard InChI is InChI=1S/C27H31NO2S/c1-26(2,3)20-16-19(25(29)22(17-20)27(4,5)6)18-28-23-14-10-11-15-24(23)31(30)21-12-8-7-9-13-21/h7-18,29H,1-6H3. The van der Waals surface area contributed by atoms with Gasteiger partial charge in [0, 0.05) is 22.2 Å². The molecule has 1 N–H and O–H groups in total. The SMILES string of the molecule is CC(C)(C)c1cc(C=Nc2ccccc2S(=O)c2ccccc2)c(O)c(C(C)(C)C)c1. The summed E-state index contributed by atoms with van der Waals surface area (Å²) in [5, 5.41) is 11.0. The Morgan fingerprint density at radius 1 is 0.839 bits per heavy atom. The smallest absolute Gasteiger partial charge is 0.128 e. The molecule has 0 saturated heterocycles. The molecule has 4 heteroatoms. The molecule has 0 amide bonds. The molecule has 0 aliphatic rings. The van der Waals surface area contributed by atoms with Crippen LogP contribution in [0.2, 0.25) is 0 Å². The zero-order chi connectivity index (χ0) is 22.8. The van der Waals surface area contributed by atoms with Crippen LogP contribution in [0.15, 0.2) is 81.5 Å². The number of nitrogens with zero attached hydrogens (tertiary/aromatic N) is 1. The molecule has 0 aromatic heterocycles. The number of hydrogen-bond donors (Lipinski definition) is 1. The number of benzene rings is 3. The summed E-state index contributed by atoms with van der Waals surface area (Å²) in [7, 11) is -1.33. The second-order valence-corrected chi connectivity index (χ2v) is 11.2. The Bertz CT molecular complexity index is 1120. The van der Waals surface area contributed by atoms with Gasteiger partial charge in [-0.3, -0.25) is 4.99 Å². The number of para-hydroxylation sites is 1. The van der Waals surface area contributed by atoms with Gasteiger partial charge in [0.05, 0.1) is 21.4 Å². The van der Waals surface area contributed by atoms with Gasteiger partial charge in [-0.25, -0.2) is 4.21 Å². The highest BCUT2D eigenvalue weighted by molar-refractivity contribution is 7.85. The highest BCUT2D eigenvalue weighted by Crippen LogP contribution is 2.37. The first kappa shape index (κ1) is 23.0. The molecule has 1 unspecified atom stereocenters. The van der Waals surface area contributed by atoms with E-state index in [-0.39, 0.29) is 16.6 Å². The molecule has 0 aliphatic heterocycles. The second kappa shape index (κ2) is 8.80. The van der Waals surface area contributed by atoms with E-state index in [2.05, 4.69) is 52.6 Å². The fourth-order valence-corrected chi connectivity index (χ4v) is 4.46. The van der Waals surface area contributed by atoms with Crippen molar-refractivity contribution in [1.29, 1.82) is 0 Å². The van der Waals surface area contributed by atoms with Gasteiger partial charge >= 0.3 is 0 Å². The number of aromatic hydroxyl groups is 1. The first-order chi connectivity index (χ1) is 14.5. The molecule has 0 heterocycles. The van der Waals surface area contributed by atoms with E-state index in [1.54, 1.807) is 6.21 Å². The van der Waals surface area contributed by atoms with Crippen molar-refractivity contribution in [2.24, 2.45) is 4.99 Å². The zero-order valence-corrected chi connectivity index (χ0v) is 20.0. The van der Waals surface area contributed by atoms with Gasteiger partial charge in [0.25, 0.3) is 0 Å². The summed E-state index contributed by atoms with van der Waals surface area (Å²) in [5.74, 6) is 0.242. The Hall–Kier alpha value is -2.72. The van der Waals surface area contributed by atoms with Crippen LogP contribution >= 0.6 is 0 Å². The summed E-state index contributed by atoms with van der Waals surface area (Å²) in [4.78, 5) is 6.03. The van der Waals surface area contributed by atoms with Gasteiger partial charge in [0.1, 0.15) is 5.75 Å². The van der Waals surface area contributed by atoms with E-state index in [0.29, 0.717) is 16.1 Å². The van der Waals surface area contributed by atoms with Crippen LogP contribution in [0.3, 0.4) is 0 Å². The van der Waals surface area contributed by atoms with Gasteiger partial charge in [0.2, 0.25) is 0 Å². The summed E-state index contributed by atoms with van der Waals surface area (Å²) < 4.78 is 13.1. The molecule has 1 atom stereocenters. The van der Waals surface area contributed by atoms with Crippen molar-refractivity contribution in [2.45, 2.75) is 62.2 Å². The minimum Gasteiger partial charge on any atom is -0.507 e. The Labute approximate surface area is 188 Å². The second-order valence-electron chi connectivity index (χ2n) is 9.77. The van der Waals surface area contributed by atoms with Crippen LogP contribution in [0, 0.1) is 0 Å².